The van der Waals surface area contributed by atoms with E-state index in [1.807, 2.05) is 19.0 Å². The zero-order chi connectivity index (χ0) is 8.97. The van der Waals surface area contributed by atoms with Crippen LogP contribution in [0.1, 0.15) is 5.82 Å². The van der Waals surface area contributed by atoms with Crippen molar-refractivity contribution in [2.75, 3.05) is 13.6 Å². The number of aromatic nitrogens is 3. The Balaban J connectivity index is 2.53. The summed E-state index contributed by atoms with van der Waals surface area (Å²) in [5, 5.41) is 12.3. The molecule has 0 saturated heterocycles. The fourth-order valence-electron chi connectivity index (χ4n) is 0.881. The Hall–Kier alpha value is -1.41. The van der Waals surface area contributed by atoms with Crippen molar-refractivity contribution in [3.8, 4) is 6.07 Å². The molecule has 0 spiro atoms. The molecule has 0 N–H and O–H groups in total. The highest BCUT2D eigenvalue weighted by Crippen LogP contribution is 1.95. The first-order valence-electron chi connectivity index (χ1n) is 3.62. The van der Waals surface area contributed by atoms with Gasteiger partial charge in [0, 0.05) is 7.05 Å². The second-order valence-electron chi connectivity index (χ2n) is 2.63. The fraction of sp³-hybridized carbons (Fsp3) is 0.571. The van der Waals surface area contributed by atoms with Crippen molar-refractivity contribution in [1.82, 2.24) is 19.7 Å². The van der Waals surface area contributed by atoms with Gasteiger partial charge >= 0.3 is 0 Å². The number of hydrogen-bond acceptors (Lipinski definition) is 4. The Bertz CT molecular complexity index is 284. The van der Waals surface area contributed by atoms with Gasteiger partial charge in [0.25, 0.3) is 0 Å². The van der Waals surface area contributed by atoms with Gasteiger partial charge in [-0.2, -0.15) is 10.4 Å². The van der Waals surface area contributed by atoms with Crippen molar-refractivity contribution in [2.24, 2.45) is 7.05 Å². The fourth-order valence-corrected chi connectivity index (χ4v) is 0.881. The lowest BCUT2D eigenvalue weighted by Gasteiger charge is -2.10. The first kappa shape index (κ1) is 8.68. The normalized spacial score (nSPS) is 10.2. The Labute approximate surface area is 71.2 Å². The predicted molar refractivity (Wildman–Crippen MR) is 43.0 cm³/mol. The van der Waals surface area contributed by atoms with Gasteiger partial charge in [-0.1, -0.05) is 0 Å². The van der Waals surface area contributed by atoms with Crippen LogP contribution in [0.25, 0.3) is 0 Å². The van der Waals surface area contributed by atoms with E-state index in [9.17, 15) is 0 Å². The van der Waals surface area contributed by atoms with Gasteiger partial charge in [-0.3, -0.25) is 9.58 Å². The summed E-state index contributed by atoms with van der Waals surface area (Å²) in [5.41, 5.74) is 0. The van der Waals surface area contributed by atoms with Crippen LogP contribution in [0, 0.1) is 11.3 Å². The van der Waals surface area contributed by atoms with E-state index in [1.54, 1.807) is 4.68 Å². The zero-order valence-corrected chi connectivity index (χ0v) is 7.23. The second-order valence-corrected chi connectivity index (χ2v) is 2.63. The summed E-state index contributed by atoms with van der Waals surface area (Å²) in [6.07, 6.45) is 1.51. The number of aryl methyl sites for hydroxylation is 1. The number of nitriles is 1. The van der Waals surface area contributed by atoms with E-state index in [-0.39, 0.29) is 0 Å². The summed E-state index contributed by atoms with van der Waals surface area (Å²) in [6.45, 7) is 1.07. The molecule has 1 aromatic heterocycles. The van der Waals surface area contributed by atoms with Crippen molar-refractivity contribution in [1.29, 1.82) is 5.26 Å². The Morgan fingerprint density at radius 2 is 2.50 bits per heavy atom. The monoisotopic (exact) mass is 165 g/mol. The summed E-state index contributed by atoms with van der Waals surface area (Å²) in [6, 6.07) is 2.07. The quantitative estimate of drug-likeness (QED) is 0.580. The molecule has 1 aromatic rings. The molecule has 5 heteroatoms. The minimum absolute atomic E-state index is 0.410. The Kier molecular flexibility index (Phi) is 2.77. The van der Waals surface area contributed by atoms with Crippen LogP contribution in [-0.2, 0) is 13.6 Å². The third kappa shape index (κ3) is 2.04. The molecule has 0 aliphatic carbocycles. The molecule has 0 saturated carbocycles. The van der Waals surface area contributed by atoms with Gasteiger partial charge in [-0.15, -0.1) is 0 Å². The molecule has 1 rings (SSSR count). The topological polar surface area (TPSA) is 57.7 Å². The van der Waals surface area contributed by atoms with Crippen LogP contribution < -0.4 is 0 Å². The van der Waals surface area contributed by atoms with Crippen LogP contribution >= 0.6 is 0 Å². The van der Waals surface area contributed by atoms with E-state index in [0.717, 1.165) is 5.82 Å². The first-order chi connectivity index (χ1) is 5.74. The van der Waals surface area contributed by atoms with Gasteiger partial charge in [0.1, 0.15) is 12.2 Å². The van der Waals surface area contributed by atoms with E-state index >= 15 is 0 Å². The summed E-state index contributed by atoms with van der Waals surface area (Å²) < 4.78 is 1.70. The molecule has 0 fully saturated rings. The van der Waals surface area contributed by atoms with E-state index in [2.05, 4.69) is 16.2 Å². The minimum Gasteiger partial charge on any atom is -0.286 e. The lowest BCUT2D eigenvalue weighted by molar-refractivity contribution is 0.350. The van der Waals surface area contributed by atoms with Gasteiger partial charge in [0.15, 0.2) is 0 Å². The minimum atomic E-state index is 0.410. The molecule has 5 nitrogen and oxygen atoms in total. The van der Waals surface area contributed by atoms with Crippen LogP contribution in [0.2, 0.25) is 0 Å². The van der Waals surface area contributed by atoms with Crippen molar-refractivity contribution < 1.29 is 0 Å². The van der Waals surface area contributed by atoms with Gasteiger partial charge in [-0.25, -0.2) is 4.98 Å². The molecular formula is C7H11N5. The SMILES string of the molecule is CN(CC#N)Cc1ncnn1C. The highest BCUT2D eigenvalue weighted by molar-refractivity contribution is 4.85. The zero-order valence-electron chi connectivity index (χ0n) is 7.23. The van der Waals surface area contributed by atoms with Gasteiger partial charge in [0.2, 0.25) is 0 Å². The molecule has 0 amide bonds. The molecule has 0 atom stereocenters. The summed E-state index contributed by atoms with van der Waals surface area (Å²) in [7, 11) is 3.71. The smallest absolute Gasteiger partial charge is 0.140 e. The largest absolute Gasteiger partial charge is 0.286 e. The van der Waals surface area contributed by atoms with Crippen LogP contribution in [0.5, 0.6) is 0 Å². The summed E-state index contributed by atoms with van der Waals surface area (Å²) >= 11 is 0. The number of rotatable bonds is 3. The molecule has 0 bridgehead atoms. The lowest BCUT2D eigenvalue weighted by Crippen LogP contribution is -2.20. The molecule has 0 unspecified atom stereocenters. The van der Waals surface area contributed by atoms with E-state index in [1.165, 1.54) is 6.33 Å². The first-order valence-corrected chi connectivity index (χ1v) is 3.62. The van der Waals surface area contributed by atoms with Crippen molar-refractivity contribution in [2.45, 2.75) is 6.54 Å². The molecular weight excluding hydrogens is 154 g/mol. The molecule has 12 heavy (non-hydrogen) atoms. The highest BCUT2D eigenvalue weighted by atomic mass is 15.3. The van der Waals surface area contributed by atoms with E-state index in [0.29, 0.717) is 13.1 Å². The molecule has 0 aliphatic heterocycles. The Morgan fingerprint density at radius 3 is 3.00 bits per heavy atom. The maximum absolute atomic E-state index is 8.40. The third-order valence-electron chi connectivity index (χ3n) is 1.56. The molecule has 64 valence electrons. The average Bonchev–Trinajstić information content (AvgIpc) is 2.37. The lowest BCUT2D eigenvalue weighted by atomic mass is 10.5. The average molecular weight is 165 g/mol. The standard InChI is InChI=1S/C7H11N5/c1-11(4-3-8)5-7-9-6-10-12(7)2/h6H,4-5H2,1-2H3. The summed E-state index contributed by atoms with van der Waals surface area (Å²) in [5.74, 6) is 0.868. The van der Waals surface area contributed by atoms with Crippen LogP contribution in [0.4, 0.5) is 0 Å². The van der Waals surface area contributed by atoms with Crippen molar-refractivity contribution in [3.05, 3.63) is 12.2 Å². The molecule has 0 radical (unpaired) electrons. The number of nitrogens with zero attached hydrogens (tertiary/aromatic N) is 5. The summed E-state index contributed by atoms with van der Waals surface area (Å²) in [4.78, 5) is 5.92. The molecule has 0 aromatic carbocycles. The van der Waals surface area contributed by atoms with Crippen LogP contribution in [0.15, 0.2) is 6.33 Å². The van der Waals surface area contributed by atoms with Crippen LogP contribution in [-0.4, -0.2) is 33.3 Å². The van der Waals surface area contributed by atoms with Gasteiger partial charge in [-0.05, 0) is 7.05 Å². The predicted octanol–water partition coefficient (Wildman–Crippen LogP) is -0.230. The molecule has 0 aliphatic rings. The van der Waals surface area contributed by atoms with Crippen molar-refractivity contribution in [3.63, 3.8) is 0 Å². The van der Waals surface area contributed by atoms with Gasteiger partial charge < -0.3 is 0 Å². The Morgan fingerprint density at radius 1 is 1.75 bits per heavy atom. The second kappa shape index (κ2) is 3.83. The maximum atomic E-state index is 8.40. The molecule has 1 heterocycles. The number of hydrogen-bond donors (Lipinski definition) is 0. The highest BCUT2D eigenvalue weighted by Gasteiger charge is 2.03. The third-order valence-corrected chi connectivity index (χ3v) is 1.56. The van der Waals surface area contributed by atoms with Gasteiger partial charge in [0.05, 0.1) is 19.2 Å². The van der Waals surface area contributed by atoms with Crippen molar-refractivity contribution >= 4 is 0 Å². The van der Waals surface area contributed by atoms with E-state index in [4.69, 9.17) is 5.26 Å². The van der Waals surface area contributed by atoms with E-state index < -0.39 is 0 Å². The maximum Gasteiger partial charge on any atom is 0.140 e. The van der Waals surface area contributed by atoms with Crippen LogP contribution in [0.3, 0.4) is 0 Å².